The Morgan fingerprint density at radius 2 is 1.89 bits per heavy atom. The lowest BCUT2D eigenvalue weighted by Gasteiger charge is -2.31. The summed E-state index contributed by atoms with van der Waals surface area (Å²) >= 11 is 0. The number of benzene rings is 2. The van der Waals surface area contributed by atoms with Crippen LogP contribution in [0.25, 0.3) is 11.4 Å². The normalized spacial score (nSPS) is 13.9. The van der Waals surface area contributed by atoms with Crippen LogP contribution in [0.2, 0.25) is 0 Å². The number of para-hydroxylation sites is 1. The van der Waals surface area contributed by atoms with E-state index in [9.17, 15) is 23.2 Å². The SMILES string of the molecule is COC1=NC(c2nnc(N(CCS(C)(C)C)S(=O)(=O)C[C@H](OC)c3ccc(F)cc3C#N)n2-c2c(O)cccc2OC)=C=C=C1. The van der Waals surface area contributed by atoms with Crippen molar-refractivity contribution in [1.82, 2.24) is 14.8 Å². The van der Waals surface area contributed by atoms with Gasteiger partial charge in [-0.25, -0.2) is 32.1 Å². The van der Waals surface area contributed by atoms with Crippen molar-refractivity contribution in [2.45, 2.75) is 6.10 Å². The third-order valence-electron chi connectivity index (χ3n) is 6.69. The van der Waals surface area contributed by atoms with Gasteiger partial charge in [0, 0.05) is 13.7 Å². The van der Waals surface area contributed by atoms with Gasteiger partial charge in [0.05, 0.1) is 43.8 Å². The van der Waals surface area contributed by atoms with E-state index in [-0.39, 0.29) is 58.2 Å². The molecule has 1 aromatic heterocycles. The van der Waals surface area contributed by atoms with Crippen LogP contribution in [0.4, 0.5) is 10.3 Å². The summed E-state index contributed by atoms with van der Waals surface area (Å²) in [5.41, 5.74) is 5.97. The van der Waals surface area contributed by atoms with E-state index < -0.39 is 37.7 Å². The predicted molar refractivity (Wildman–Crippen MR) is 171 cm³/mol. The first kappa shape index (κ1) is 33.3. The van der Waals surface area contributed by atoms with E-state index in [2.05, 4.69) is 26.7 Å². The molecule has 0 bridgehead atoms. The minimum absolute atomic E-state index is 0.0124. The number of aliphatic imine (C=N–C) groups is 1. The van der Waals surface area contributed by atoms with Gasteiger partial charge in [-0.05, 0) is 60.1 Å². The monoisotopic (exact) mass is 656 g/mol. The van der Waals surface area contributed by atoms with Gasteiger partial charge in [0.25, 0.3) is 0 Å². The summed E-state index contributed by atoms with van der Waals surface area (Å²) in [6.07, 6.45) is 6.46. The van der Waals surface area contributed by atoms with Crippen molar-refractivity contribution in [3.05, 3.63) is 76.7 Å². The lowest BCUT2D eigenvalue weighted by Crippen LogP contribution is -2.39. The van der Waals surface area contributed by atoms with Crippen LogP contribution in [-0.2, 0) is 19.5 Å². The molecule has 1 atom stereocenters. The highest BCUT2D eigenvalue weighted by Crippen LogP contribution is 2.40. The lowest BCUT2D eigenvalue weighted by atomic mass is 10.0. The van der Waals surface area contributed by atoms with Crippen molar-refractivity contribution in [2.24, 2.45) is 4.99 Å². The molecular weight excluding hydrogens is 623 g/mol. The van der Waals surface area contributed by atoms with Crippen molar-refractivity contribution in [3.63, 3.8) is 0 Å². The largest absolute Gasteiger partial charge is 0.506 e. The van der Waals surface area contributed by atoms with Crippen molar-refractivity contribution in [3.8, 4) is 23.3 Å². The van der Waals surface area contributed by atoms with Gasteiger partial charge < -0.3 is 19.3 Å². The van der Waals surface area contributed by atoms with E-state index >= 15 is 0 Å². The van der Waals surface area contributed by atoms with Gasteiger partial charge in [-0.3, -0.25) is 4.57 Å². The van der Waals surface area contributed by atoms with Crippen molar-refractivity contribution < 1.29 is 32.1 Å². The average molecular weight is 657 g/mol. The molecule has 3 aromatic rings. The molecule has 238 valence electrons. The molecule has 1 N–H and O–H groups in total. The van der Waals surface area contributed by atoms with Crippen LogP contribution in [0.1, 0.15) is 23.1 Å². The molecule has 15 heteroatoms. The number of nitriles is 1. The number of aromatic nitrogens is 3. The highest BCUT2D eigenvalue weighted by atomic mass is 32.3. The quantitative estimate of drug-likeness (QED) is 0.286. The summed E-state index contributed by atoms with van der Waals surface area (Å²) in [6, 6.07) is 9.97. The highest BCUT2D eigenvalue weighted by molar-refractivity contribution is 8.32. The Hall–Kier alpha value is -4.57. The standard InChI is InChI=1S/C30H33FN6O6S2/c1-41-25-11-8-10-24(38)28(25)37-29(23-9-7-12-27(33-23)43-3)34-35-30(37)36(15-16-44(4,5)6)45(39,40)19-26(42-2)22-14-13-21(31)17-20(22)18-32/h8,10-14,17,26,38H,15-16,19H2,1-6H3/t26-/m0/s1. The summed E-state index contributed by atoms with van der Waals surface area (Å²) in [6.45, 7) is -0.0124. The second-order valence-electron chi connectivity index (χ2n) is 10.6. The topological polar surface area (TPSA) is 152 Å². The van der Waals surface area contributed by atoms with Crippen LogP contribution in [0.3, 0.4) is 0 Å². The Morgan fingerprint density at radius 1 is 1.13 bits per heavy atom. The summed E-state index contributed by atoms with van der Waals surface area (Å²) in [5.74, 6) is -0.787. The van der Waals surface area contributed by atoms with E-state index in [4.69, 9.17) is 14.2 Å². The maximum absolute atomic E-state index is 14.4. The van der Waals surface area contributed by atoms with Crippen LogP contribution in [0.5, 0.6) is 11.5 Å². The van der Waals surface area contributed by atoms with Gasteiger partial charge in [-0.15, -0.1) is 10.2 Å². The van der Waals surface area contributed by atoms with Crippen LogP contribution in [0.15, 0.2) is 58.9 Å². The van der Waals surface area contributed by atoms with Crippen molar-refractivity contribution in [2.75, 3.05) is 62.5 Å². The number of halogens is 1. The molecule has 0 saturated heterocycles. The number of rotatable bonds is 12. The molecule has 2 aromatic carbocycles. The fourth-order valence-electron chi connectivity index (χ4n) is 4.44. The first-order valence-corrected chi connectivity index (χ1v) is 18.0. The molecule has 0 radical (unpaired) electrons. The van der Waals surface area contributed by atoms with Crippen LogP contribution in [-0.4, -0.2) is 92.3 Å². The molecule has 2 heterocycles. The molecule has 1 aliphatic heterocycles. The van der Waals surface area contributed by atoms with E-state index in [1.165, 1.54) is 44.1 Å². The second-order valence-corrected chi connectivity index (χ2v) is 17.1. The smallest absolute Gasteiger partial charge is 0.246 e. The molecule has 0 saturated carbocycles. The number of nitrogens with zero attached hydrogens (tertiary/aromatic N) is 6. The minimum Gasteiger partial charge on any atom is -0.506 e. The Kier molecular flexibility index (Phi) is 10.1. The molecule has 0 fully saturated rings. The Morgan fingerprint density at radius 3 is 2.53 bits per heavy atom. The van der Waals surface area contributed by atoms with Gasteiger partial charge in [0.1, 0.15) is 23.0 Å². The molecule has 0 aliphatic carbocycles. The van der Waals surface area contributed by atoms with Gasteiger partial charge >= 0.3 is 0 Å². The van der Waals surface area contributed by atoms with E-state index in [1.54, 1.807) is 12.1 Å². The number of phenolic OH excluding ortho intramolecular Hbond substituents is 1. The summed E-state index contributed by atoms with van der Waals surface area (Å²) in [4.78, 5) is 4.38. The molecule has 0 unspecified atom stereocenters. The first-order chi connectivity index (χ1) is 21.3. The number of sulfonamides is 1. The maximum atomic E-state index is 14.4. The number of hydrogen-bond acceptors (Lipinski definition) is 10. The Balaban J connectivity index is 1.96. The summed E-state index contributed by atoms with van der Waals surface area (Å²) in [5, 5.41) is 29.3. The molecule has 45 heavy (non-hydrogen) atoms. The molecule has 4 rings (SSSR count). The zero-order valence-electron chi connectivity index (χ0n) is 25.6. The Bertz CT molecular complexity index is 1880. The van der Waals surface area contributed by atoms with Crippen molar-refractivity contribution in [1.29, 1.82) is 5.26 Å². The van der Waals surface area contributed by atoms with Gasteiger partial charge in [-0.2, -0.15) is 5.26 Å². The van der Waals surface area contributed by atoms with E-state index in [0.717, 1.165) is 16.4 Å². The Labute approximate surface area is 262 Å². The average Bonchev–Trinajstić information content (AvgIpc) is 3.43. The predicted octanol–water partition coefficient (Wildman–Crippen LogP) is 3.92. The first-order valence-electron chi connectivity index (χ1n) is 13.4. The maximum Gasteiger partial charge on any atom is 0.246 e. The minimum atomic E-state index is -4.33. The number of hydrogen-bond donors (Lipinski definition) is 1. The van der Waals surface area contributed by atoms with E-state index in [1.807, 2.05) is 24.8 Å². The molecule has 12 nitrogen and oxygen atoms in total. The summed E-state index contributed by atoms with van der Waals surface area (Å²) in [7, 11) is -1.42. The number of anilines is 1. The number of aromatic hydroxyl groups is 1. The lowest BCUT2D eigenvalue weighted by molar-refractivity contribution is 0.121. The highest BCUT2D eigenvalue weighted by Gasteiger charge is 2.35. The number of ether oxygens (including phenoxy) is 3. The fraction of sp³-hybridized carbons (Fsp3) is 0.333. The molecular formula is C30H33FN6O6S2. The van der Waals surface area contributed by atoms with Crippen LogP contribution < -0.4 is 9.04 Å². The van der Waals surface area contributed by atoms with Gasteiger partial charge in [-0.1, -0.05) is 17.9 Å². The van der Waals surface area contributed by atoms with Gasteiger partial charge in [0.15, 0.2) is 11.5 Å². The van der Waals surface area contributed by atoms with E-state index in [0.29, 0.717) is 5.75 Å². The van der Waals surface area contributed by atoms with Crippen LogP contribution in [0, 0.1) is 17.1 Å². The molecule has 0 spiro atoms. The van der Waals surface area contributed by atoms with Crippen molar-refractivity contribution >= 4 is 37.6 Å². The number of phenols is 1. The zero-order valence-corrected chi connectivity index (χ0v) is 27.2. The molecule has 1 aliphatic rings. The summed E-state index contributed by atoms with van der Waals surface area (Å²) < 4.78 is 61.5. The molecule has 0 amide bonds. The fourth-order valence-corrected chi connectivity index (χ4v) is 6.90. The second kappa shape index (κ2) is 13.6. The third kappa shape index (κ3) is 7.39. The third-order valence-corrected chi connectivity index (χ3v) is 9.84. The van der Waals surface area contributed by atoms with Crippen LogP contribution >= 0.6 is 10.0 Å². The zero-order chi connectivity index (χ0) is 32.9. The number of methoxy groups -OCH3 is 3. The van der Waals surface area contributed by atoms with Gasteiger partial charge in [0.2, 0.25) is 21.9 Å².